The van der Waals surface area contributed by atoms with Gasteiger partial charge in [-0.25, -0.2) is 4.98 Å². The van der Waals surface area contributed by atoms with Gasteiger partial charge in [0.2, 0.25) is 0 Å². The summed E-state index contributed by atoms with van der Waals surface area (Å²) in [6, 6.07) is 3.95. The molecular formula is C8H6ClNOS2. The van der Waals surface area contributed by atoms with E-state index in [0.717, 1.165) is 14.8 Å². The van der Waals surface area contributed by atoms with Gasteiger partial charge in [-0.15, -0.1) is 22.7 Å². The number of aliphatic hydroxyl groups is 1. The predicted octanol–water partition coefficient (Wildman–Crippen LogP) is 3.02. The number of aliphatic hydroxyl groups excluding tert-OH is 1. The van der Waals surface area contributed by atoms with Gasteiger partial charge >= 0.3 is 0 Å². The van der Waals surface area contributed by atoms with Gasteiger partial charge in [-0.05, 0) is 11.4 Å². The Bertz CT molecular complexity index is 396. The number of hydrogen-bond donors (Lipinski definition) is 1. The molecule has 0 radical (unpaired) electrons. The number of hydrogen-bond acceptors (Lipinski definition) is 4. The summed E-state index contributed by atoms with van der Waals surface area (Å²) in [5.74, 6) is 0. The first kappa shape index (κ1) is 9.15. The highest BCUT2D eigenvalue weighted by Gasteiger charge is 2.09. The zero-order chi connectivity index (χ0) is 9.26. The third kappa shape index (κ3) is 1.76. The maximum atomic E-state index is 8.92. The van der Waals surface area contributed by atoms with E-state index in [1.807, 2.05) is 17.5 Å². The minimum atomic E-state index is -0.0398. The van der Waals surface area contributed by atoms with Crippen LogP contribution in [0.5, 0.6) is 0 Å². The highest BCUT2D eigenvalue weighted by molar-refractivity contribution is 7.21. The molecule has 2 aromatic rings. The number of rotatable bonds is 2. The second-order valence-corrected chi connectivity index (χ2v) is 4.76. The molecule has 2 heterocycles. The molecule has 0 bridgehead atoms. The SMILES string of the molecule is OCc1sc(-c2cccs2)nc1Cl. The van der Waals surface area contributed by atoms with Crippen LogP contribution in [-0.2, 0) is 6.61 Å². The van der Waals surface area contributed by atoms with Crippen molar-refractivity contribution in [2.24, 2.45) is 0 Å². The molecule has 0 atom stereocenters. The molecule has 0 unspecified atom stereocenters. The fraction of sp³-hybridized carbons (Fsp3) is 0.125. The van der Waals surface area contributed by atoms with Crippen LogP contribution in [0.1, 0.15) is 4.88 Å². The van der Waals surface area contributed by atoms with Gasteiger partial charge in [0.05, 0.1) is 16.4 Å². The van der Waals surface area contributed by atoms with E-state index in [2.05, 4.69) is 4.98 Å². The summed E-state index contributed by atoms with van der Waals surface area (Å²) in [5, 5.41) is 12.2. The molecule has 2 nitrogen and oxygen atoms in total. The van der Waals surface area contributed by atoms with Crippen molar-refractivity contribution in [3.63, 3.8) is 0 Å². The van der Waals surface area contributed by atoms with E-state index in [4.69, 9.17) is 16.7 Å². The zero-order valence-electron chi connectivity index (χ0n) is 6.53. The van der Waals surface area contributed by atoms with E-state index in [9.17, 15) is 0 Å². The molecule has 13 heavy (non-hydrogen) atoms. The Morgan fingerprint density at radius 1 is 1.54 bits per heavy atom. The quantitative estimate of drug-likeness (QED) is 0.862. The molecule has 2 aromatic heterocycles. The summed E-state index contributed by atoms with van der Waals surface area (Å²) in [6.07, 6.45) is 0. The van der Waals surface area contributed by atoms with Gasteiger partial charge in [0, 0.05) is 0 Å². The monoisotopic (exact) mass is 231 g/mol. The van der Waals surface area contributed by atoms with Gasteiger partial charge in [0.15, 0.2) is 0 Å². The van der Waals surface area contributed by atoms with Crippen LogP contribution in [0.2, 0.25) is 5.15 Å². The first-order valence-electron chi connectivity index (χ1n) is 3.61. The van der Waals surface area contributed by atoms with E-state index in [0.29, 0.717) is 5.15 Å². The van der Waals surface area contributed by atoms with Crippen LogP contribution in [0.15, 0.2) is 17.5 Å². The second kappa shape index (κ2) is 3.75. The molecule has 0 amide bonds. The highest BCUT2D eigenvalue weighted by atomic mass is 35.5. The van der Waals surface area contributed by atoms with E-state index < -0.39 is 0 Å². The van der Waals surface area contributed by atoms with Gasteiger partial charge in [-0.3, -0.25) is 0 Å². The van der Waals surface area contributed by atoms with Crippen molar-refractivity contribution in [2.75, 3.05) is 0 Å². The zero-order valence-corrected chi connectivity index (χ0v) is 8.92. The lowest BCUT2D eigenvalue weighted by Crippen LogP contribution is -1.75. The third-order valence-electron chi connectivity index (χ3n) is 1.53. The minimum Gasteiger partial charge on any atom is -0.391 e. The Balaban J connectivity index is 2.43. The summed E-state index contributed by atoms with van der Waals surface area (Å²) in [6.45, 7) is -0.0398. The summed E-state index contributed by atoms with van der Waals surface area (Å²) in [5.41, 5.74) is 0. The lowest BCUT2D eigenvalue weighted by atomic mass is 10.5. The van der Waals surface area contributed by atoms with Crippen LogP contribution in [0.3, 0.4) is 0 Å². The molecule has 0 saturated heterocycles. The molecule has 0 aliphatic carbocycles. The lowest BCUT2D eigenvalue weighted by molar-refractivity contribution is 0.285. The van der Waals surface area contributed by atoms with Crippen molar-refractivity contribution in [3.8, 4) is 9.88 Å². The predicted molar refractivity (Wildman–Crippen MR) is 56.4 cm³/mol. The number of halogens is 1. The first-order valence-corrected chi connectivity index (χ1v) is 5.68. The lowest BCUT2D eigenvalue weighted by Gasteiger charge is -1.85. The molecule has 0 aromatic carbocycles. The number of thiazole rings is 1. The van der Waals surface area contributed by atoms with Crippen LogP contribution in [-0.4, -0.2) is 10.1 Å². The fourth-order valence-electron chi connectivity index (χ4n) is 0.936. The standard InChI is InChI=1S/C8H6ClNOS2/c9-7-6(4-11)13-8(10-7)5-2-1-3-12-5/h1-3,11H,4H2. The molecular weight excluding hydrogens is 226 g/mol. The van der Waals surface area contributed by atoms with Crippen LogP contribution in [0.4, 0.5) is 0 Å². The van der Waals surface area contributed by atoms with Crippen molar-refractivity contribution in [2.45, 2.75) is 6.61 Å². The van der Waals surface area contributed by atoms with E-state index >= 15 is 0 Å². The van der Waals surface area contributed by atoms with Crippen molar-refractivity contribution in [3.05, 3.63) is 27.5 Å². The van der Waals surface area contributed by atoms with Crippen LogP contribution >= 0.6 is 34.3 Å². The van der Waals surface area contributed by atoms with Gasteiger partial charge in [-0.1, -0.05) is 17.7 Å². The largest absolute Gasteiger partial charge is 0.391 e. The summed E-state index contributed by atoms with van der Waals surface area (Å²) < 4.78 is 0. The molecule has 0 spiro atoms. The van der Waals surface area contributed by atoms with Crippen LogP contribution in [0.25, 0.3) is 9.88 Å². The van der Waals surface area contributed by atoms with Gasteiger partial charge in [-0.2, -0.15) is 0 Å². The normalized spacial score (nSPS) is 10.6. The van der Waals surface area contributed by atoms with Gasteiger partial charge in [0.25, 0.3) is 0 Å². The van der Waals surface area contributed by atoms with Crippen molar-refractivity contribution in [1.82, 2.24) is 4.98 Å². The molecule has 5 heteroatoms. The Kier molecular flexibility index (Phi) is 2.64. The number of nitrogens with zero attached hydrogens (tertiary/aromatic N) is 1. The highest BCUT2D eigenvalue weighted by Crippen LogP contribution is 2.33. The van der Waals surface area contributed by atoms with E-state index in [1.165, 1.54) is 11.3 Å². The Morgan fingerprint density at radius 3 is 2.92 bits per heavy atom. The topological polar surface area (TPSA) is 33.1 Å². The summed E-state index contributed by atoms with van der Waals surface area (Å²) in [4.78, 5) is 5.97. The third-order valence-corrected chi connectivity index (χ3v) is 4.03. The first-order chi connectivity index (χ1) is 6.31. The Labute approximate surface area is 88.5 Å². The summed E-state index contributed by atoms with van der Waals surface area (Å²) in [7, 11) is 0. The van der Waals surface area contributed by atoms with Gasteiger partial charge < -0.3 is 5.11 Å². The molecule has 68 valence electrons. The van der Waals surface area contributed by atoms with Gasteiger partial charge in [0.1, 0.15) is 10.2 Å². The molecule has 0 aliphatic heterocycles. The molecule has 0 fully saturated rings. The van der Waals surface area contributed by atoms with Crippen LogP contribution in [0, 0.1) is 0 Å². The maximum Gasteiger partial charge on any atom is 0.146 e. The molecule has 0 aliphatic rings. The van der Waals surface area contributed by atoms with E-state index in [1.54, 1.807) is 11.3 Å². The summed E-state index contributed by atoms with van der Waals surface area (Å²) >= 11 is 8.86. The number of thiophene rings is 1. The van der Waals surface area contributed by atoms with Crippen LogP contribution < -0.4 is 0 Å². The van der Waals surface area contributed by atoms with Crippen molar-refractivity contribution in [1.29, 1.82) is 0 Å². The molecule has 0 saturated carbocycles. The smallest absolute Gasteiger partial charge is 0.146 e. The average Bonchev–Trinajstić information content (AvgIpc) is 2.71. The Morgan fingerprint density at radius 2 is 2.38 bits per heavy atom. The fourth-order valence-corrected chi connectivity index (χ4v) is 2.86. The molecule has 1 N–H and O–H groups in total. The second-order valence-electron chi connectivity index (χ2n) is 2.37. The average molecular weight is 232 g/mol. The Hall–Kier alpha value is -0.420. The van der Waals surface area contributed by atoms with Crippen molar-refractivity contribution < 1.29 is 5.11 Å². The minimum absolute atomic E-state index is 0.0398. The molecule has 2 rings (SSSR count). The number of aromatic nitrogens is 1. The maximum absolute atomic E-state index is 8.92. The van der Waals surface area contributed by atoms with Crippen molar-refractivity contribution >= 4 is 34.3 Å². The van der Waals surface area contributed by atoms with E-state index in [-0.39, 0.29) is 6.61 Å².